The number of carbonyl (C=O) groups is 1. The van der Waals surface area contributed by atoms with Crippen molar-refractivity contribution < 1.29 is 18.7 Å². The monoisotopic (exact) mass is 224 g/mol. The molecule has 1 aromatic carbocycles. The van der Waals surface area contributed by atoms with Gasteiger partial charge in [0.2, 0.25) is 0 Å². The molecule has 0 heterocycles. The van der Waals surface area contributed by atoms with Crippen LogP contribution in [0.15, 0.2) is 12.1 Å². The standard InChI is InChI=1S/C12H10F2O2/c1-8(16)10-6-9(4-2-3-5-15)11(13)7-12(10)14/h6-7,15H,3,5H2,1H3. The summed E-state index contributed by atoms with van der Waals surface area (Å²) in [5, 5.41) is 8.49. The average molecular weight is 224 g/mol. The normalized spacial score (nSPS) is 9.50. The molecule has 0 spiro atoms. The highest BCUT2D eigenvalue weighted by Crippen LogP contribution is 2.14. The minimum atomic E-state index is -0.891. The Morgan fingerprint density at radius 2 is 2.06 bits per heavy atom. The van der Waals surface area contributed by atoms with Gasteiger partial charge in [0, 0.05) is 12.5 Å². The maximum absolute atomic E-state index is 13.2. The van der Waals surface area contributed by atoms with Gasteiger partial charge in [0.15, 0.2) is 5.78 Å². The molecule has 84 valence electrons. The third-order valence-corrected chi connectivity index (χ3v) is 1.90. The van der Waals surface area contributed by atoms with Gasteiger partial charge in [-0.3, -0.25) is 4.79 Å². The zero-order valence-electron chi connectivity index (χ0n) is 8.68. The molecule has 0 saturated heterocycles. The largest absolute Gasteiger partial charge is 0.395 e. The fourth-order valence-corrected chi connectivity index (χ4v) is 1.13. The second-order valence-corrected chi connectivity index (χ2v) is 3.14. The average Bonchev–Trinajstić information content (AvgIpc) is 2.21. The number of aliphatic hydroxyl groups excluding tert-OH is 1. The third-order valence-electron chi connectivity index (χ3n) is 1.90. The van der Waals surface area contributed by atoms with Crippen molar-refractivity contribution in [3.8, 4) is 11.8 Å². The van der Waals surface area contributed by atoms with Crippen LogP contribution in [0.5, 0.6) is 0 Å². The van der Waals surface area contributed by atoms with Crippen LogP contribution in [0, 0.1) is 23.5 Å². The Balaban J connectivity index is 3.16. The summed E-state index contributed by atoms with van der Waals surface area (Å²) in [6.07, 6.45) is 0.201. The zero-order chi connectivity index (χ0) is 12.1. The first-order valence-corrected chi connectivity index (χ1v) is 4.66. The molecule has 1 N–H and O–H groups in total. The minimum absolute atomic E-state index is 0.0416. The number of hydrogen-bond acceptors (Lipinski definition) is 2. The lowest BCUT2D eigenvalue weighted by atomic mass is 10.1. The maximum Gasteiger partial charge on any atom is 0.162 e. The Morgan fingerprint density at radius 1 is 1.38 bits per heavy atom. The van der Waals surface area contributed by atoms with Crippen LogP contribution in [-0.2, 0) is 0 Å². The molecule has 0 unspecified atom stereocenters. The van der Waals surface area contributed by atoms with Gasteiger partial charge in [-0.2, -0.15) is 0 Å². The molecular weight excluding hydrogens is 214 g/mol. The van der Waals surface area contributed by atoms with Crippen molar-refractivity contribution in [1.29, 1.82) is 0 Å². The van der Waals surface area contributed by atoms with E-state index >= 15 is 0 Å². The molecule has 4 heteroatoms. The van der Waals surface area contributed by atoms with E-state index in [1.54, 1.807) is 0 Å². The Bertz CT molecular complexity index is 470. The van der Waals surface area contributed by atoms with Crippen molar-refractivity contribution >= 4 is 5.78 Å². The van der Waals surface area contributed by atoms with Crippen LogP contribution in [0.4, 0.5) is 8.78 Å². The van der Waals surface area contributed by atoms with E-state index in [9.17, 15) is 13.6 Å². The fourth-order valence-electron chi connectivity index (χ4n) is 1.13. The number of benzene rings is 1. The lowest BCUT2D eigenvalue weighted by Crippen LogP contribution is -2.00. The van der Waals surface area contributed by atoms with Crippen molar-refractivity contribution in [2.45, 2.75) is 13.3 Å². The molecule has 0 bridgehead atoms. The van der Waals surface area contributed by atoms with Crippen molar-refractivity contribution in [2.24, 2.45) is 0 Å². The fraction of sp³-hybridized carbons (Fsp3) is 0.250. The second-order valence-electron chi connectivity index (χ2n) is 3.14. The van der Waals surface area contributed by atoms with Gasteiger partial charge in [0.1, 0.15) is 11.6 Å². The predicted molar refractivity (Wildman–Crippen MR) is 54.9 cm³/mol. The number of hydrogen-bond donors (Lipinski definition) is 1. The first-order valence-electron chi connectivity index (χ1n) is 4.66. The van der Waals surface area contributed by atoms with E-state index in [4.69, 9.17) is 5.11 Å². The lowest BCUT2D eigenvalue weighted by Gasteiger charge is -2.00. The van der Waals surface area contributed by atoms with Crippen LogP contribution in [-0.4, -0.2) is 17.5 Å². The minimum Gasteiger partial charge on any atom is -0.395 e. The van der Waals surface area contributed by atoms with Crippen LogP contribution in [0.1, 0.15) is 29.3 Å². The highest BCUT2D eigenvalue weighted by atomic mass is 19.1. The molecule has 0 aliphatic carbocycles. The molecule has 0 aromatic heterocycles. The number of ketones is 1. The third kappa shape index (κ3) is 2.88. The number of Topliss-reactive ketones (excluding diaryl/α,β-unsaturated/α-hetero) is 1. The summed E-state index contributed by atoms with van der Waals surface area (Å²) in [6.45, 7) is 1.07. The number of aliphatic hydroxyl groups is 1. The number of rotatable bonds is 2. The summed E-state index contributed by atoms with van der Waals surface area (Å²) in [5.41, 5.74) is -0.227. The summed E-state index contributed by atoms with van der Waals surface area (Å²) in [7, 11) is 0. The van der Waals surface area contributed by atoms with E-state index in [1.165, 1.54) is 6.92 Å². The summed E-state index contributed by atoms with van der Waals surface area (Å²) < 4.78 is 26.3. The Labute approximate surface area is 91.9 Å². The molecule has 0 saturated carbocycles. The quantitative estimate of drug-likeness (QED) is 0.615. The van der Waals surface area contributed by atoms with Crippen molar-refractivity contribution in [3.05, 3.63) is 34.9 Å². The van der Waals surface area contributed by atoms with Gasteiger partial charge in [0.25, 0.3) is 0 Å². The zero-order valence-corrected chi connectivity index (χ0v) is 8.68. The van der Waals surface area contributed by atoms with Gasteiger partial charge in [0.05, 0.1) is 17.7 Å². The maximum atomic E-state index is 13.2. The first kappa shape index (κ1) is 12.3. The highest BCUT2D eigenvalue weighted by Gasteiger charge is 2.11. The van der Waals surface area contributed by atoms with E-state index in [0.29, 0.717) is 6.07 Å². The summed E-state index contributed by atoms with van der Waals surface area (Å²) >= 11 is 0. The molecule has 1 rings (SSSR count). The van der Waals surface area contributed by atoms with Gasteiger partial charge >= 0.3 is 0 Å². The Morgan fingerprint density at radius 3 is 2.62 bits per heavy atom. The molecule has 0 amide bonds. The van der Waals surface area contributed by atoms with E-state index in [1.807, 2.05) is 0 Å². The van der Waals surface area contributed by atoms with Gasteiger partial charge < -0.3 is 5.11 Å². The van der Waals surface area contributed by atoms with Crippen LogP contribution in [0.25, 0.3) is 0 Å². The molecule has 0 radical (unpaired) electrons. The van der Waals surface area contributed by atoms with Crippen LogP contribution in [0.3, 0.4) is 0 Å². The molecule has 0 fully saturated rings. The van der Waals surface area contributed by atoms with Gasteiger partial charge in [-0.15, -0.1) is 0 Å². The summed E-state index contributed by atoms with van der Waals surface area (Å²) in [6, 6.07) is 1.72. The van der Waals surface area contributed by atoms with E-state index in [0.717, 1.165) is 6.07 Å². The molecule has 2 nitrogen and oxygen atoms in total. The number of carbonyl (C=O) groups excluding carboxylic acids is 1. The highest BCUT2D eigenvalue weighted by molar-refractivity contribution is 5.94. The molecule has 0 aliphatic rings. The SMILES string of the molecule is CC(=O)c1cc(C#CCCO)c(F)cc1F. The Hall–Kier alpha value is -1.73. The number of halogens is 2. The van der Waals surface area contributed by atoms with E-state index in [-0.39, 0.29) is 24.2 Å². The molecule has 1 aromatic rings. The molecule has 0 atom stereocenters. The van der Waals surface area contributed by atoms with Gasteiger partial charge in [-0.05, 0) is 13.0 Å². The van der Waals surface area contributed by atoms with Gasteiger partial charge in [-0.25, -0.2) is 8.78 Å². The van der Waals surface area contributed by atoms with Crippen molar-refractivity contribution in [2.75, 3.05) is 6.61 Å². The van der Waals surface area contributed by atoms with E-state index in [2.05, 4.69) is 11.8 Å². The predicted octanol–water partition coefficient (Wildman–Crippen LogP) is 1.90. The molecule has 0 aliphatic heterocycles. The summed E-state index contributed by atoms with van der Waals surface area (Å²) in [4.78, 5) is 11.0. The van der Waals surface area contributed by atoms with Crippen molar-refractivity contribution in [1.82, 2.24) is 0 Å². The van der Waals surface area contributed by atoms with Crippen LogP contribution in [0.2, 0.25) is 0 Å². The first-order chi connectivity index (χ1) is 7.56. The molecular formula is C12H10F2O2. The van der Waals surface area contributed by atoms with Crippen LogP contribution < -0.4 is 0 Å². The smallest absolute Gasteiger partial charge is 0.162 e. The Kier molecular flexibility index (Phi) is 4.15. The lowest BCUT2D eigenvalue weighted by molar-refractivity contribution is 0.101. The summed E-state index contributed by atoms with van der Waals surface area (Å²) in [5.74, 6) is 2.75. The van der Waals surface area contributed by atoms with Gasteiger partial charge in [-0.1, -0.05) is 11.8 Å². The van der Waals surface area contributed by atoms with Crippen molar-refractivity contribution in [3.63, 3.8) is 0 Å². The van der Waals surface area contributed by atoms with E-state index < -0.39 is 17.4 Å². The molecule has 16 heavy (non-hydrogen) atoms. The topological polar surface area (TPSA) is 37.3 Å². The second kappa shape index (κ2) is 5.38. The van der Waals surface area contributed by atoms with Crippen LogP contribution >= 0.6 is 0 Å².